The van der Waals surface area contributed by atoms with Gasteiger partial charge in [0.05, 0.1) is 12.5 Å². The van der Waals surface area contributed by atoms with Crippen molar-refractivity contribution < 1.29 is 9.53 Å². The number of benzene rings is 1. The highest BCUT2D eigenvalue weighted by atomic mass is 16.5. The Bertz CT molecular complexity index is 462. The molecule has 88 valence electrons. The summed E-state index contributed by atoms with van der Waals surface area (Å²) in [5.74, 6) is 3.29. The van der Waals surface area contributed by atoms with Gasteiger partial charge in [-0.25, -0.2) is 0 Å². The van der Waals surface area contributed by atoms with Crippen molar-refractivity contribution in [2.75, 3.05) is 20.2 Å². The van der Waals surface area contributed by atoms with Crippen LogP contribution in [0.2, 0.25) is 0 Å². The highest BCUT2D eigenvalue weighted by molar-refractivity contribution is 5.79. The molecule has 1 heterocycles. The Morgan fingerprint density at radius 2 is 2.35 bits per heavy atom. The minimum Gasteiger partial charge on any atom is -0.492 e. The number of carbonyl (C=O) groups excluding carboxylic acids is 1. The van der Waals surface area contributed by atoms with E-state index in [0.29, 0.717) is 13.2 Å². The van der Waals surface area contributed by atoms with E-state index in [0.717, 1.165) is 17.7 Å². The van der Waals surface area contributed by atoms with Crippen molar-refractivity contribution in [3.63, 3.8) is 0 Å². The van der Waals surface area contributed by atoms with Crippen LogP contribution in [-0.2, 0) is 11.2 Å². The first-order valence-electron chi connectivity index (χ1n) is 5.61. The maximum absolute atomic E-state index is 12.0. The summed E-state index contributed by atoms with van der Waals surface area (Å²) in [6, 6.07) is 7.82. The minimum absolute atomic E-state index is 0.0532. The maximum atomic E-state index is 12.0. The molecule has 1 aromatic rings. The molecule has 3 heteroatoms. The fourth-order valence-electron chi connectivity index (χ4n) is 2.01. The predicted octanol–water partition coefficient (Wildman–Crippen LogP) is 1.33. The molecule has 17 heavy (non-hydrogen) atoms. The van der Waals surface area contributed by atoms with Gasteiger partial charge < -0.3 is 9.64 Å². The van der Waals surface area contributed by atoms with E-state index in [9.17, 15) is 4.79 Å². The zero-order valence-corrected chi connectivity index (χ0v) is 9.85. The van der Waals surface area contributed by atoms with E-state index in [4.69, 9.17) is 11.2 Å². The summed E-state index contributed by atoms with van der Waals surface area (Å²) in [6.45, 7) is 0.780. The van der Waals surface area contributed by atoms with Gasteiger partial charge in [-0.05, 0) is 18.1 Å². The van der Waals surface area contributed by atoms with Gasteiger partial charge in [0.1, 0.15) is 12.4 Å². The van der Waals surface area contributed by atoms with Crippen LogP contribution in [0, 0.1) is 18.3 Å². The summed E-state index contributed by atoms with van der Waals surface area (Å²) in [4.78, 5) is 13.6. The molecular formula is C14H15NO2. The van der Waals surface area contributed by atoms with Crippen molar-refractivity contribution in [1.82, 2.24) is 4.90 Å². The first kappa shape index (κ1) is 11.5. The number of nitrogens with zero attached hydrogens (tertiary/aromatic N) is 1. The predicted molar refractivity (Wildman–Crippen MR) is 65.6 cm³/mol. The Hall–Kier alpha value is -1.95. The number of hydrogen-bond acceptors (Lipinski definition) is 2. The molecule has 1 amide bonds. The Balaban J connectivity index is 2.08. The molecule has 0 fully saturated rings. The zero-order chi connectivity index (χ0) is 12.3. The molecule has 0 saturated carbocycles. The van der Waals surface area contributed by atoms with Crippen LogP contribution in [-0.4, -0.2) is 31.0 Å². The van der Waals surface area contributed by atoms with Crippen LogP contribution in [0.15, 0.2) is 24.3 Å². The number of hydrogen-bond donors (Lipinski definition) is 0. The highest BCUT2D eigenvalue weighted by Crippen LogP contribution is 2.27. The Morgan fingerprint density at radius 1 is 1.59 bits per heavy atom. The third-order valence-electron chi connectivity index (χ3n) is 2.93. The van der Waals surface area contributed by atoms with E-state index in [1.54, 1.807) is 11.9 Å². The first-order chi connectivity index (χ1) is 8.22. The second-order valence-corrected chi connectivity index (χ2v) is 4.22. The van der Waals surface area contributed by atoms with E-state index in [1.165, 1.54) is 0 Å². The molecule has 0 saturated heterocycles. The molecule has 0 bridgehead atoms. The molecule has 0 spiro atoms. The average Bonchev–Trinajstić information content (AvgIpc) is 2.37. The molecule has 1 aliphatic rings. The summed E-state index contributed by atoms with van der Waals surface area (Å²) in [5, 5.41) is 0. The summed E-state index contributed by atoms with van der Waals surface area (Å²) < 4.78 is 5.59. The van der Waals surface area contributed by atoms with Crippen molar-refractivity contribution in [3.05, 3.63) is 29.8 Å². The second-order valence-electron chi connectivity index (χ2n) is 4.22. The van der Waals surface area contributed by atoms with Crippen molar-refractivity contribution in [1.29, 1.82) is 0 Å². The van der Waals surface area contributed by atoms with Crippen molar-refractivity contribution in [3.8, 4) is 18.1 Å². The Labute approximate surface area is 101 Å². The van der Waals surface area contributed by atoms with Gasteiger partial charge in [-0.3, -0.25) is 4.79 Å². The number of amides is 1. The molecule has 3 nitrogen and oxygen atoms in total. The van der Waals surface area contributed by atoms with Gasteiger partial charge in [-0.1, -0.05) is 24.1 Å². The third kappa shape index (κ3) is 2.42. The number of fused-ring (bicyclic) bond motifs is 1. The van der Waals surface area contributed by atoms with Gasteiger partial charge in [0, 0.05) is 7.05 Å². The summed E-state index contributed by atoms with van der Waals surface area (Å²) in [7, 11) is 1.72. The number of ether oxygens (including phenoxy) is 1. The van der Waals surface area contributed by atoms with Gasteiger partial charge in [0.25, 0.3) is 0 Å². The average molecular weight is 229 g/mol. The molecule has 0 aliphatic carbocycles. The number of carbonyl (C=O) groups is 1. The molecule has 1 unspecified atom stereocenters. The van der Waals surface area contributed by atoms with Gasteiger partial charge >= 0.3 is 0 Å². The normalized spacial score (nSPS) is 17.5. The van der Waals surface area contributed by atoms with Crippen molar-refractivity contribution in [2.45, 2.75) is 6.42 Å². The van der Waals surface area contributed by atoms with Crippen molar-refractivity contribution in [2.24, 2.45) is 5.92 Å². The number of para-hydroxylation sites is 1. The fourth-order valence-corrected chi connectivity index (χ4v) is 2.01. The molecule has 2 rings (SSSR count). The van der Waals surface area contributed by atoms with Crippen LogP contribution >= 0.6 is 0 Å². The molecule has 1 atom stereocenters. The lowest BCUT2D eigenvalue weighted by atomic mass is 9.95. The first-order valence-corrected chi connectivity index (χ1v) is 5.61. The van der Waals surface area contributed by atoms with Crippen LogP contribution in [0.5, 0.6) is 5.75 Å². The molecule has 0 radical (unpaired) electrons. The van der Waals surface area contributed by atoms with Gasteiger partial charge in [0.2, 0.25) is 5.91 Å². The smallest absolute Gasteiger partial charge is 0.229 e. The van der Waals surface area contributed by atoms with Crippen LogP contribution in [0.4, 0.5) is 0 Å². The lowest BCUT2D eigenvalue weighted by molar-refractivity contribution is -0.134. The molecular weight excluding hydrogens is 214 g/mol. The summed E-state index contributed by atoms with van der Waals surface area (Å²) >= 11 is 0. The summed E-state index contributed by atoms with van der Waals surface area (Å²) in [6.07, 6.45) is 5.92. The van der Waals surface area contributed by atoms with Crippen LogP contribution in [0.3, 0.4) is 0 Å². The quantitative estimate of drug-likeness (QED) is 0.716. The van der Waals surface area contributed by atoms with Crippen LogP contribution in [0.25, 0.3) is 0 Å². The van der Waals surface area contributed by atoms with Crippen molar-refractivity contribution >= 4 is 5.91 Å². The number of rotatable bonds is 2. The van der Waals surface area contributed by atoms with Gasteiger partial charge in [-0.15, -0.1) is 6.42 Å². The minimum atomic E-state index is -0.122. The lowest BCUT2D eigenvalue weighted by Gasteiger charge is -2.27. The van der Waals surface area contributed by atoms with E-state index < -0.39 is 0 Å². The second kappa shape index (κ2) is 4.92. The van der Waals surface area contributed by atoms with Crippen LogP contribution < -0.4 is 4.74 Å². The van der Waals surface area contributed by atoms with E-state index in [-0.39, 0.29) is 11.8 Å². The largest absolute Gasteiger partial charge is 0.492 e. The fraction of sp³-hybridized carbons (Fsp3) is 0.357. The zero-order valence-electron chi connectivity index (χ0n) is 9.85. The molecule has 0 aromatic heterocycles. The van der Waals surface area contributed by atoms with Gasteiger partial charge in [-0.2, -0.15) is 0 Å². The molecule has 0 N–H and O–H groups in total. The topological polar surface area (TPSA) is 29.5 Å². The van der Waals surface area contributed by atoms with E-state index in [1.807, 2.05) is 24.3 Å². The number of terminal acetylenes is 1. The SMILES string of the molecule is C#CCN(C)C(=O)C1COc2ccccc2C1. The van der Waals surface area contributed by atoms with E-state index >= 15 is 0 Å². The molecule has 1 aliphatic heterocycles. The third-order valence-corrected chi connectivity index (χ3v) is 2.93. The highest BCUT2D eigenvalue weighted by Gasteiger charge is 2.27. The summed E-state index contributed by atoms with van der Waals surface area (Å²) in [5.41, 5.74) is 1.09. The maximum Gasteiger partial charge on any atom is 0.229 e. The van der Waals surface area contributed by atoms with Gasteiger partial charge in [0.15, 0.2) is 0 Å². The lowest BCUT2D eigenvalue weighted by Crippen LogP contribution is -2.38. The van der Waals surface area contributed by atoms with E-state index in [2.05, 4.69) is 5.92 Å². The molecule has 1 aromatic carbocycles. The van der Waals surface area contributed by atoms with Crippen LogP contribution in [0.1, 0.15) is 5.56 Å². The monoisotopic (exact) mass is 229 g/mol. The Morgan fingerprint density at radius 3 is 3.12 bits per heavy atom. The Kier molecular flexibility index (Phi) is 3.34. The standard InChI is InChI=1S/C14H15NO2/c1-3-8-15(2)14(16)12-9-11-6-4-5-7-13(11)17-10-12/h1,4-7,12H,8-10H2,2H3.